The summed E-state index contributed by atoms with van der Waals surface area (Å²) in [5.74, 6) is 0.723. The van der Waals surface area contributed by atoms with E-state index in [2.05, 4.69) is 0 Å². The number of aromatic nitrogens is 1. The fourth-order valence-electron chi connectivity index (χ4n) is 1.15. The Morgan fingerprint density at radius 2 is 1.91 bits per heavy atom. The van der Waals surface area contributed by atoms with E-state index < -0.39 is 17.2 Å². The average Bonchev–Trinajstić information content (AvgIpc) is 2.44. The quantitative estimate of drug-likeness (QED) is 0.524. The summed E-state index contributed by atoms with van der Waals surface area (Å²) >= 11 is 1.19. The maximum Gasteiger partial charge on any atom is 0.320 e. The van der Waals surface area contributed by atoms with Crippen molar-refractivity contribution in [2.75, 3.05) is 5.75 Å². The van der Waals surface area contributed by atoms with E-state index in [0.717, 1.165) is 10.3 Å². The third-order valence-corrected chi connectivity index (χ3v) is 2.79. The smallest absolute Gasteiger partial charge is 0.285 e. The summed E-state index contributed by atoms with van der Waals surface area (Å²) in [5.41, 5.74) is -1.02. The van der Waals surface area contributed by atoms with Crippen molar-refractivity contribution in [1.29, 1.82) is 0 Å². The molecule has 0 aromatic carbocycles. The normalized spacial score (nSPS) is 25.1. The van der Waals surface area contributed by atoms with Crippen LogP contribution < -0.4 is 11.1 Å². The van der Waals surface area contributed by atoms with Crippen molar-refractivity contribution < 1.29 is 4.79 Å². The maximum atomic E-state index is 11.0. The van der Waals surface area contributed by atoms with E-state index >= 15 is 0 Å². The second-order valence-electron chi connectivity index (χ2n) is 2.45. The molecule has 0 N–H and O–H groups in total. The minimum Gasteiger partial charge on any atom is -0.285 e. The molecule has 4 nitrogen and oxygen atoms in total. The molecule has 0 saturated carbocycles. The summed E-state index contributed by atoms with van der Waals surface area (Å²) in [4.78, 5) is 32.1. The molecule has 1 aromatic rings. The van der Waals surface area contributed by atoms with Gasteiger partial charge in [0.1, 0.15) is 6.04 Å². The molecule has 1 fully saturated rings. The first kappa shape index (κ1) is 6.84. The molecule has 2 rings (SSSR count). The van der Waals surface area contributed by atoms with Crippen LogP contribution in [0.3, 0.4) is 0 Å². The Balaban J connectivity index is 2.31. The summed E-state index contributed by atoms with van der Waals surface area (Å²) in [7, 11) is 0. The molecule has 58 valence electrons. The first-order valence-corrected chi connectivity index (χ1v) is 4.24. The highest BCUT2D eigenvalue weighted by Gasteiger charge is 2.34. The summed E-state index contributed by atoms with van der Waals surface area (Å²) in [6.45, 7) is 0. The van der Waals surface area contributed by atoms with Crippen LogP contribution in [-0.2, 0) is 4.79 Å². The number of hydrogen-bond acceptors (Lipinski definition) is 4. The van der Waals surface area contributed by atoms with Gasteiger partial charge < -0.3 is 0 Å². The number of hydrogen-bond donors (Lipinski definition) is 0. The second-order valence-corrected chi connectivity index (χ2v) is 3.55. The molecule has 0 spiro atoms. The van der Waals surface area contributed by atoms with Gasteiger partial charge in [-0.05, 0) is 6.42 Å². The van der Waals surface area contributed by atoms with E-state index in [1.807, 2.05) is 0 Å². The molecule has 5 heteroatoms. The molecule has 0 aliphatic carbocycles. The lowest BCUT2D eigenvalue weighted by molar-refractivity contribution is -0.113. The minimum absolute atomic E-state index is 0.0517. The number of thioether (sulfide) groups is 1. The SMILES string of the molecule is O=C1SCCC1n1c(=O)c1=O. The highest BCUT2D eigenvalue weighted by atomic mass is 32.2. The van der Waals surface area contributed by atoms with Crippen molar-refractivity contribution in [3.05, 3.63) is 20.7 Å². The topological polar surface area (TPSA) is 56.1 Å². The molecule has 0 amide bonds. The van der Waals surface area contributed by atoms with Crippen LogP contribution in [0.1, 0.15) is 12.5 Å². The van der Waals surface area contributed by atoms with Gasteiger partial charge in [0.15, 0.2) is 0 Å². The van der Waals surface area contributed by atoms with Crippen molar-refractivity contribution in [3.63, 3.8) is 0 Å². The lowest BCUT2D eigenvalue weighted by Crippen LogP contribution is -2.10. The predicted octanol–water partition coefficient (Wildman–Crippen LogP) is -0.711. The van der Waals surface area contributed by atoms with Gasteiger partial charge in [0.25, 0.3) is 0 Å². The Labute approximate surface area is 65.9 Å². The summed E-state index contributed by atoms with van der Waals surface area (Å²) in [6, 6.07) is -0.444. The molecule has 1 aromatic heterocycles. The fourth-order valence-corrected chi connectivity index (χ4v) is 2.11. The highest BCUT2D eigenvalue weighted by Crippen LogP contribution is 2.28. The average molecular weight is 171 g/mol. The monoisotopic (exact) mass is 171 g/mol. The lowest BCUT2D eigenvalue weighted by Gasteiger charge is -1.97. The number of rotatable bonds is 1. The Hall–Kier alpha value is -0.840. The molecule has 1 aliphatic heterocycles. The Bertz CT molecular complexity index is 348. The van der Waals surface area contributed by atoms with Crippen molar-refractivity contribution >= 4 is 16.9 Å². The van der Waals surface area contributed by atoms with E-state index in [0.29, 0.717) is 6.42 Å². The van der Waals surface area contributed by atoms with Gasteiger partial charge in [-0.1, -0.05) is 11.8 Å². The zero-order valence-electron chi connectivity index (χ0n) is 5.57. The predicted molar refractivity (Wildman–Crippen MR) is 40.5 cm³/mol. The van der Waals surface area contributed by atoms with Gasteiger partial charge in [-0.3, -0.25) is 19.0 Å². The third kappa shape index (κ3) is 0.875. The number of carbonyl (C=O) groups is 1. The molecular formula is C6H5NO3S. The van der Waals surface area contributed by atoms with Gasteiger partial charge in [0, 0.05) is 5.75 Å². The first-order chi connectivity index (χ1) is 5.22. The summed E-state index contributed by atoms with van der Waals surface area (Å²) in [5, 5.41) is -0.0517. The Kier molecular flexibility index (Phi) is 1.29. The van der Waals surface area contributed by atoms with Gasteiger partial charge in [-0.15, -0.1) is 0 Å². The molecule has 0 radical (unpaired) electrons. The van der Waals surface area contributed by atoms with Gasteiger partial charge in [-0.2, -0.15) is 0 Å². The standard InChI is InChI=1S/C6H5NO3S/c8-4-5(9)7(4)3-1-2-11-6(3)10/h3H,1-2H2. The van der Waals surface area contributed by atoms with Gasteiger partial charge >= 0.3 is 11.1 Å². The van der Waals surface area contributed by atoms with Crippen LogP contribution in [0.25, 0.3) is 0 Å². The Morgan fingerprint density at radius 1 is 1.27 bits per heavy atom. The Morgan fingerprint density at radius 3 is 2.27 bits per heavy atom. The summed E-state index contributed by atoms with van der Waals surface area (Å²) < 4.78 is 1.04. The van der Waals surface area contributed by atoms with Crippen molar-refractivity contribution in [1.82, 2.24) is 4.57 Å². The molecule has 0 bridgehead atoms. The van der Waals surface area contributed by atoms with E-state index in [1.165, 1.54) is 11.8 Å². The van der Waals surface area contributed by atoms with Crippen LogP contribution in [0.5, 0.6) is 0 Å². The zero-order chi connectivity index (χ0) is 8.01. The largest absolute Gasteiger partial charge is 0.320 e. The lowest BCUT2D eigenvalue weighted by atomic mass is 10.3. The van der Waals surface area contributed by atoms with Crippen LogP contribution in [0.2, 0.25) is 0 Å². The molecule has 11 heavy (non-hydrogen) atoms. The van der Waals surface area contributed by atoms with Crippen LogP contribution >= 0.6 is 11.8 Å². The van der Waals surface area contributed by atoms with Crippen LogP contribution in [-0.4, -0.2) is 15.4 Å². The van der Waals surface area contributed by atoms with Crippen molar-refractivity contribution in [2.24, 2.45) is 0 Å². The van der Waals surface area contributed by atoms with Crippen molar-refractivity contribution in [3.8, 4) is 0 Å². The fraction of sp³-hybridized carbons (Fsp3) is 0.500. The minimum atomic E-state index is -0.508. The zero-order valence-corrected chi connectivity index (χ0v) is 6.39. The third-order valence-electron chi connectivity index (χ3n) is 1.79. The highest BCUT2D eigenvalue weighted by molar-refractivity contribution is 8.14. The van der Waals surface area contributed by atoms with Crippen LogP contribution in [0, 0.1) is 0 Å². The number of nitrogens with zero attached hydrogens (tertiary/aromatic N) is 1. The van der Waals surface area contributed by atoms with E-state index in [-0.39, 0.29) is 5.12 Å². The van der Waals surface area contributed by atoms with E-state index in [1.54, 1.807) is 0 Å². The molecule has 2 heterocycles. The van der Waals surface area contributed by atoms with Crippen LogP contribution in [0.15, 0.2) is 9.59 Å². The number of carbonyl (C=O) groups excluding carboxylic acids is 1. The molecule has 1 aliphatic rings. The van der Waals surface area contributed by atoms with Gasteiger partial charge in [0.05, 0.1) is 0 Å². The van der Waals surface area contributed by atoms with Gasteiger partial charge in [0.2, 0.25) is 5.12 Å². The van der Waals surface area contributed by atoms with Gasteiger partial charge in [-0.25, -0.2) is 0 Å². The van der Waals surface area contributed by atoms with Crippen LogP contribution in [0.4, 0.5) is 0 Å². The summed E-state index contributed by atoms with van der Waals surface area (Å²) in [6.07, 6.45) is 0.626. The van der Waals surface area contributed by atoms with E-state index in [4.69, 9.17) is 0 Å². The van der Waals surface area contributed by atoms with E-state index in [9.17, 15) is 14.4 Å². The molecular weight excluding hydrogens is 166 g/mol. The molecule has 1 saturated heterocycles. The van der Waals surface area contributed by atoms with Crippen molar-refractivity contribution in [2.45, 2.75) is 12.5 Å². The molecule has 1 unspecified atom stereocenters. The maximum absolute atomic E-state index is 11.0. The molecule has 1 atom stereocenters. The second kappa shape index (κ2) is 2.07. The first-order valence-electron chi connectivity index (χ1n) is 3.26.